The molecule has 8 heteroatoms. The Hall–Kier alpha value is -1.25. The summed E-state index contributed by atoms with van der Waals surface area (Å²) in [6.07, 6.45) is 2.82. The molecule has 0 aliphatic carbocycles. The molecule has 0 aromatic heterocycles. The molecule has 0 atom stereocenters. The molecule has 1 N–H and O–H groups in total. The number of carbonyl (C=O) groups is 1. The van der Waals surface area contributed by atoms with Gasteiger partial charge in [-0.3, -0.25) is 4.79 Å². The summed E-state index contributed by atoms with van der Waals surface area (Å²) in [5, 5.41) is 2.82. The lowest BCUT2D eigenvalue weighted by Gasteiger charge is -2.26. The van der Waals surface area contributed by atoms with Crippen LogP contribution in [-0.4, -0.2) is 49.8 Å². The van der Waals surface area contributed by atoms with Crippen molar-refractivity contribution in [3.05, 3.63) is 18.2 Å². The van der Waals surface area contributed by atoms with Gasteiger partial charge >= 0.3 is 0 Å². The number of hydrogen-bond donors (Lipinski definition) is 1. The maximum Gasteiger partial charge on any atom is 0.243 e. The molecule has 1 saturated heterocycles. The fourth-order valence-corrected chi connectivity index (χ4v) is 5.27. The summed E-state index contributed by atoms with van der Waals surface area (Å²) in [5.41, 5.74) is 0.407. The largest absolute Gasteiger partial charge is 0.492 e. The van der Waals surface area contributed by atoms with Crippen LogP contribution in [0.2, 0.25) is 0 Å². The van der Waals surface area contributed by atoms with E-state index in [1.807, 2.05) is 6.92 Å². The fourth-order valence-electron chi connectivity index (χ4n) is 2.88. The molecule has 1 fully saturated rings. The minimum atomic E-state index is -3.56. The van der Waals surface area contributed by atoms with Crippen molar-refractivity contribution in [2.24, 2.45) is 5.92 Å². The summed E-state index contributed by atoms with van der Waals surface area (Å²) in [7, 11) is -3.56. The SMILES string of the molecule is CCOc1ccc(S(=O)(=O)N2CCCCC2)cc1NC(=O)CSCC(C)C. The smallest absolute Gasteiger partial charge is 0.243 e. The van der Waals surface area contributed by atoms with Gasteiger partial charge in [0.25, 0.3) is 0 Å². The molecule has 1 aromatic rings. The van der Waals surface area contributed by atoms with Crippen molar-refractivity contribution in [2.75, 3.05) is 36.5 Å². The average Bonchev–Trinajstić information content (AvgIpc) is 2.63. The summed E-state index contributed by atoms with van der Waals surface area (Å²) < 4.78 is 32.9. The number of rotatable bonds is 9. The minimum absolute atomic E-state index is 0.158. The third-order valence-electron chi connectivity index (χ3n) is 4.16. The van der Waals surface area contributed by atoms with Crippen LogP contribution in [0.1, 0.15) is 40.0 Å². The van der Waals surface area contributed by atoms with Crippen LogP contribution >= 0.6 is 11.8 Å². The van der Waals surface area contributed by atoms with E-state index in [1.165, 1.54) is 10.4 Å². The molecule has 1 heterocycles. The van der Waals surface area contributed by atoms with Crippen LogP contribution in [0.25, 0.3) is 0 Å². The van der Waals surface area contributed by atoms with Gasteiger partial charge in [0.2, 0.25) is 15.9 Å². The van der Waals surface area contributed by atoms with Crippen molar-refractivity contribution in [1.82, 2.24) is 4.31 Å². The zero-order valence-corrected chi connectivity index (χ0v) is 18.0. The number of nitrogens with one attached hydrogen (secondary N) is 1. The van der Waals surface area contributed by atoms with Gasteiger partial charge in [-0.2, -0.15) is 16.1 Å². The highest BCUT2D eigenvalue weighted by molar-refractivity contribution is 7.99. The van der Waals surface area contributed by atoms with Gasteiger partial charge in [-0.25, -0.2) is 8.42 Å². The first-order valence-electron chi connectivity index (χ1n) is 9.49. The van der Waals surface area contributed by atoms with E-state index in [0.29, 0.717) is 42.8 Å². The first-order chi connectivity index (χ1) is 12.8. The van der Waals surface area contributed by atoms with Crippen LogP contribution in [-0.2, 0) is 14.8 Å². The molecule has 0 spiro atoms. The topological polar surface area (TPSA) is 75.7 Å². The molecular weight excluding hydrogens is 384 g/mol. The number of hydrogen-bond acceptors (Lipinski definition) is 5. The number of nitrogens with zero attached hydrogens (tertiary/aromatic N) is 1. The van der Waals surface area contributed by atoms with Gasteiger partial charge in [0.1, 0.15) is 5.75 Å². The van der Waals surface area contributed by atoms with Crippen LogP contribution in [0.15, 0.2) is 23.1 Å². The van der Waals surface area contributed by atoms with E-state index in [9.17, 15) is 13.2 Å². The highest BCUT2D eigenvalue weighted by Crippen LogP contribution is 2.30. The molecule has 1 aliphatic rings. The maximum atomic E-state index is 12.9. The molecule has 1 amide bonds. The van der Waals surface area contributed by atoms with Crippen LogP contribution in [0.5, 0.6) is 5.75 Å². The second kappa shape index (κ2) is 10.3. The van der Waals surface area contributed by atoms with Crippen LogP contribution in [0.4, 0.5) is 5.69 Å². The van der Waals surface area contributed by atoms with Crippen LogP contribution in [0, 0.1) is 5.92 Å². The van der Waals surface area contributed by atoms with Crippen LogP contribution < -0.4 is 10.1 Å². The summed E-state index contributed by atoms with van der Waals surface area (Å²) in [4.78, 5) is 12.5. The number of ether oxygens (including phenoxy) is 1. The first kappa shape index (κ1) is 22.0. The van der Waals surface area contributed by atoms with E-state index in [-0.39, 0.29) is 10.8 Å². The van der Waals surface area contributed by atoms with E-state index in [4.69, 9.17) is 4.74 Å². The Labute approximate surface area is 167 Å². The Balaban J connectivity index is 2.18. The van der Waals surface area contributed by atoms with Crippen molar-refractivity contribution in [3.63, 3.8) is 0 Å². The lowest BCUT2D eigenvalue weighted by Crippen LogP contribution is -2.35. The lowest BCUT2D eigenvalue weighted by molar-refractivity contribution is -0.113. The number of carbonyl (C=O) groups excluding carboxylic acids is 1. The second-order valence-electron chi connectivity index (χ2n) is 7.01. The van der Waals surface area contributed by atoms with Crippen molar-refractivity contribution in [1.29, 1.82) is 0 Å². The average molecular weight is 415 g/mol. The van der Waals surface area contributed by atoms with Crippen molar-refractivity contribution in [3.8, 4) is 5.75 Å². The molecule has 27 heavy (non-hydrogen) atoms. The zero-order valence-electron chi connectivity index (χ0n) is 16.4. The molecule has 6 nitrogen and oxygen atoms in total. The number of thioether (sulfide) groups is 1. The molecule has 1 aliphatic heterocycles. The zero-order chi connectivity index (χ0) is 19.9. The Morgan fingerprint density at radius 2 is 1.96 bits per heavy atom. The standard InChI is InChI=1S/C19H30N2O4S2/c1-4-25-18-9-8-16(27(23,24)21-10-6-5-7-11-21)12-17(18)20-19(22)14-26-13-15(2)3/h8-9,12,15H,4-7,10-11,13-14H2,1-3H3,(H,20,22). The van der Waals surface area contributed by atoms with Crippen molar-refractivity contribution >= 4 is 33.4 Å². The Morgan fingerprint density at radius 3 is 2.59 bits per heavy atom. The molecule has 152 valence electrons. The Morgan fingerprint density at radius 1 is 1.26 bits per heavy atom. The van der Waals surface area contributed by atoms with Crippen LogP contribution in [0.3, 0.4) is 0 Å². The van der Waals surface area contributed by atoms with Gasteiger partial charge in [-0.1, -0.05) is 20.3 Å². The maximum absolute atomic E-state index is 12.9. The molecule has 0 saturated carbocycles. The van der Waals surface area contributed by atoms with E-state index in [1.54, 1.807) is 23.9 Å². The van der Waals surface area contributed by atoms with Crippen molar-refractivity contribution < 1.29 is 17.9 Å². The number of sulfonamides is 1. The molecule has 1 aromatic carbocycles. The van der Waals surface area contributed by atoms with E-state index < -0.39 is 10.0 Å². The van der Waals surface area contributed by atoms with E-state index in [0.717, 1.165) is 25.0 Å². The predicted molar refractivity (Wildman–Crippen MR) is 111 cm³/mol. The summed E-state index contributed by atoms with van der Waals surface area (Å²) in [6, 6.07) is 4.69. The van der Waals surface area contributed by atoms with E-state index in [2.05, 4.69) is 19.2 Å². The third-order valence-corrected chi connectivity index (χ3v) is 7.43. The van der Waals surface area contributed by atoms with Crippen molar-refractivity contribution in [2.45, 2.75) is 44.9 Å². The molecular formula is C19H30N2O4S2. The first-order valence-corrected chi connectivity index (χ1v) is 12.1. The van der Waals surface area contributed by atoms with Gasteiger partial charge in [-0.15, -0.1) is 0 Å². The predicted octanol–water partition coefficient (Wildman–Crippen LogP) is 3.59. The number of piperidine rings is 1. The molecule has 0 radical (unpaired) electrons. The van der Waals surface area contributed by atoms with Gasteiger partial charge in [0, 0.05) is 13.1 Å². The third kappa shape index (κ3) is 6.40. The molecule has 0 bridgehead atoms. The number of benzene rings is 1. The summed E-state index contributed by atoms with van der Waals surface area (Å²) in [6.45, 7) is 7.58. The minimum Gasteiger partial charge on any atom is -0.492 e. The Bertz CT molecular complexity index is 729. The normalized spacial score (nSPS) is 15.7. The summed E-state index contributed by atoms with van der Waals surface area (Å²) in [5.74, 6) is 2.06. The second-order valence-corrected chi connectivity index (χ2v) is 9.98. The van der Waals surface area contributed by atoms with Gasteiger partial charge in [0.05, 0.1) is 22.9 Å². The quantitative estimate of drug-likeness (QED) is 0.668. The van der Waals surface area contributed by atoms with Gasteiger partial charge in [0.15, 0.2) is 0 Å². The molecule has 0 unspecified atom stereocenters. The lowest BCUT2D eigenvalue weighted by atomic mass is 10.2. The van der Waals surface area contributed by atoms with Gasteiger partial charge < -0.3 is 10.1 Å². The van der Waals surface area contributed by atoms with Gasteiger partial charge in [-0.05, 0) is 49.6 Å². The Kier molecular flexibility index (Phi) is 8.44. The van der Waals surface area contributed by atoms with E-state index >= 15 is 0 Å². The number of amides is 1. The molecule has 2 rings (SSSR count). The summed E-state index contributed by atoms with van der Waals surface area (Å²) >= 11 is 1.56. The highest BCUT2D eigenvalue weighted by atomic mass is 32.2. The fraction of sp³-hybridized carbons (Fsp3) is 0.632. The highest BCUT2D eigenvalue weighted by Gasteiger charge is 2.27. The monoisotopic (exact) mass is 414 g/mol. The number of anilines is 1.